The predicted molar refractivity (Wildman–Crippen MR) is 45.0 cm³/mol. The van der Waals surface area contributed by atoms with E-state index < -0.39 is 6.43 Å². The van der Waals surface area contributed by atoms with Crippen molar-refractivity contribution in [3.8, 4) is 0 Å². The summed E-state index contributed by atoms with van der Waals surface area (Å²) in [5.74, 6) is 0. The van der Waals surface area contributed by atoms with Crippen molar-refractivity contribution < 1.29 is 8.78 Å². The molecule has 66 valence electrons. The van der Waals surface area contributed by atoms with Gasteiger partial charge in [0.1, 0.15) is 0 Å². The van der Waals surface area contributed by atoms with Crippen molar-refractivity contribution in [1.29, 1.82) is 0 Å². The van der Waals surface area contributed by atoms with Crippen LogP contribution in [-0.2, 0) is 6.42 Å². The first-order valence-corrected chi connectivity index (χ1v) is 3.51. The fraction of sp³-hybridized carbons (Fsp3) is 0.250. The van der Waals surface area contributed by atoms with Crippen molar-refractivity contribution in [3.05, 3.63) is 23.8 Å². The Morgan fingerprint density at radius 3 is 2.50 bits per heavy atom. The van der Waals surface area contributed by atoms with E-state index in [4.69, 9.17) is 11.5 Å². The Balaban J connectivity index is 2.90. The molecule has 0 bridgehead atoms. The summed E-state index contributed by atoms with van der Waals surface area (Å²) in [6.07, 6.45) is -2.72. The Morgan fingerprint density at radius 2 is 1.92 bits per heavy atom. The lowest BCUT2D eigenvalue weighted by Crippen LogP contribution is -2.02. The van der Waals surface area contributed by atoms with Crippen LogP contribution in [0.15, 0.2) is 18.2 Å². The van der Waals surface area contributed by atoms with E-state index in [2.05, 4.69) is 0 Å². The lowest BCUT2D eigenvalue weighted by Gasteiger charge is -2.05. The van der Waals surface area contributed by atoms with Crippen LogP contribution in [0.5, 0.6) is 0 Å². The van der Waals surface area contributed by atoms with Gasteiger partial charge in [-0.1, -0.05) is 0 Å². The molecule has 4 N–H and O–H groups in total. The normalized spacial score (nSPS) is 10.6. The van der Waals surface area contributed by atoms with Gasteiger partial charge in [0, 0.05) is 17.8 Å². The first kappa shape index (κ1) is 8.77. The maximum absolute atomic E-state index is 11.9. The Hall–Kier alpha value is -1.32. The molecule has 0 heterocycles. The molecule has 0 radical (unpaired) electrons. The van der Waals surface area contributed by atoms with Crippen LogP contribution in [-0.4, -0.2) is 6.43 Å². The molecular weight excluding hydrogens is 162 g/mol. The number of hydrogen-bond acceptors (Lipinski definition) is 2. The third-order valence-corrected chi connectivity index (χ3v) is 1.54. The third kappa shape index (κ3) is 2.08. The molecule has 0 amide bonds. The molecule has 0 saturated heterocycles. The van der Waals surface area contributed by atoms with E-state index in [0.29, 0.717) is 16.9 Å². The van der Waals surface area contributed by atoms with Gasteiger partial charge in [0.2, 0.25) is 6.43 Å². The van der Waals surface area contributed by atoms with Crippen LogP contribution in [0.2, 0.25) is 0 Å². The van der Waals surface area contributed by atoms with E-state index in [1.165, 1.54) is 12.1 Å². The van der Waals surface area contributed by atoms with Gasteiger partial charge in [-0.05, 0) is 23.8 Å². The smallest absolute Gasteiger partial charge is 0.242 e. The van der Waals surface area contributed by atoms with Gasteiger partial charge in [-0.2, -0.15) is 0 Å². The molecular formula is C8H10F2N2. The van der Waals surface area contributed by atoms with Gasteiger partial charge >= 0.3 is 0 Å². The molecule has 0 aromatic heterocycles. The van der Waals surface area contributed by atoms with E-state index in [1.807, 2.05) is 0 Å². The van der Waals surface area contributed by atoms with E-state index in [-0.39, 0.29) is 6.42 Å². The number of rotatable bonds is 2. The maximum Gasteiger partial charge on any atom is 0.242 e. The van der Waals surface area contributed by atoms with Gasteiger partial charge in [-0.3, -0.25) is 0 Å². The SMILES string of the molecule is Nc1ccc(N)c(CC(F)F)c1. The van der Waals surface area contributed by atoms with Gasteiger partial charge in [0.15, 0.2) is 0 Å². The lowest BCUT2D eigenvalue weighted by molar-refractivity contribution is 0.149. The number of nitrogen functional groups attached to an aromatic ring is 2. The van der Waals surface area contributed by atoms with Crippen LogP contribution < -0.4 is 11.5 Å². The first-order chi connectivity index (χ1) is 5.59. The fourth-order valence-electron chi connectivity index (χ4n) is 0.969. The van der Waals surface area contributed by atoms with Crippen LogP contribution in [0, 0.1) is 0 Å². The van der Waals surface area contributed by atoms with Crippen molar-refractivity contribution >= 4 is 11.4 Å². The number of benzene rings is 1. The summed E-state index contributed by atoms with van der Waals surface area (Å²) in [4.78, 5) is 0. The summed E-state index contributed by atoms with van der Waals surface area (Å²) in [6, 6.07) is 4.60. The number of halogens is 2. The second-order valence-corrected chi connectivity index (χ2v) is 2.55. The average molecular weight is 172 g/mol. The molecule has 0 atom stereocenters. The highest BCUT2D eigenvalue weighted by Crippen LogP contribution is 2.18. The maximum atomic E-state index is 11.9. The van der Waals surface area contributed by atoms with Crippen molar-refractivity contribution in [2.75, 3.05) is 11.5 Å². The van der Waals surface area contributed by atoms with E-state index in [9.17, 15) is 8.78 Å². The van der Waals surface area contributed by atoms with Gasteiger partial charge in [-0.25, -0.2) is 8.78 Å². The Labute approximate surface area is 69.2 Å². The van der Waals surface area contributed by atoms with Crippen LogP contribution in [0.25, 0.3) is 0 Å². The number of alkyl halides is 2. The van der Waals surface area contributed by atoms with E-state index in [1.54, 1.807) is 6.07 Å². The second-order valence-electron chi connectivity index (χ2n) is 2.55. The topological polar surface area (TPSA) is 52.0 Å². The first-order valence-electron chi connectivity index (χ1n) is 3.51. The average Bonchev–Trinajstić information content (AvgIpc) is 1.96. The second kappa shape index (κ2) is 3.38. The minimum Gasteiger partial charge on any atom is -0.399 e. The summed E-state index contributed by atoms with van der Waals surface area (Å²) >= 11 is 0. The summed E-state index contributed by atoms with van der Waals surface area (Å²) in [7, 11) is 0. The van der Waals surface area contributed by atoms with Crippen molar-refractivity contribution in [2.45, 2.75) is 12.8 Å². The van der Waals surface area contributed by atoms with Crippen LogP contribution >= 0.6 is 0 Å². The van der Waals surface area contributed by atoms with Crippen LogP contribution in [0.3, 0.4) is 0 Å². The zero-order chi connectivity index (χ0) is 9.14. The highest BCUT2D eigenvalue weighted by Gasteiger charge is 2.07. The minimum atomic E-state index is -2.38. The molecule has 1 aromatic rings. The Bertz CT molecular complexity index is 274. The molecule has 0 aliphatic carbocycles. The molecule has 0 aliphatic rings. The Morgan fingerprint density at radius 1 is 1.25 bits per heavy atom. The predicted octanol–water partition coefficient (Wildman–Crippen LogP) is 1.66. The van der Waals surface area contributed by atoms with Gasteiger partial charge in [0.25, 0.3) is 0 Å². The third-order valence-electron chi connectivity index (χ3n) is 1.54. The number of anilines is 2. The molecule has 0 saturated carbocycles. The summed E-state index contributed by atoms with van der Waals surface area (Å²) in [6.45, 7) is 0. The van der Waals surface area contributed by atoms with Crippen LogP contribution in [0.1, 0.15) is 5.56 Å². The van der Waals surface area contributed by atoms with Crippen molar-refractivity contribution in [2.24, 2.45) is 0 Å². The zero-order valence-electron chi connectivity index (χ0n) is 6.43. The van der Waals surface area contributed by atoms with Gasteiger partial charge in [0.05, 0.1) is 0 Å². The monoisotopic (exact) mass is 172 g/mol. The molecule has 1 aromatic carbocycles. The van der Waals surface area contributed by atoms with Crippen LogP contribution in [0.4, 0.5) is 20.2 Å². The minimum absolute atomic E-state index is 0.336. The highest BCUT2D eigenvalue weighted by atomic mass is 19.3. The summed E-state index contributed by atoms with van der Waals surface area (Å²) in [5.41, 5.74) is 12.1. The molecule has 0 unspecified atom stereocenters. The molecule has 12 heavy (non-hydrogen) atoms. The van der Waals surface area contributed by atoms with Crippen molar-refractivity contribution in [1.82, 2.24) is 0 Å². The highest BCUT2D eigenvalue weighted by molar-refractivity contribution is 5.55. The molecule has 0 fully saturated rings. The van der Waals surface area contributed by atoms with E-state index in [0.717, 1.165) is 0 Å². The molecule has 2 nitrogen and oxygen atoms in total. The zero-order valence-corrected chi connectivity index (χ0v) is 6.43. The quantitative estimate of drug-likeness (QED) is 0.666. The molecule has 4 heteroatoms. The largest absolute Gasteiger partial charge is 0.399 e. The van der Waals surface area contributed by atoms with Gasteiger partial charge < -0.3 is 11.5 Å². The standard InChI is InChI=1S/C8H10F2N2/c9-8(10)4-5-3-6(11)1-2-7(5)12/h1-3,8H,4,11-12H2. The van der Waals surface area contributed by atoms with Crippen molar-refractivity contribution in [3.63, 3.8) is 0 Å². The van der Waals surface area contributed by atoms with Gasteiger partial charge in [-0.15, -0.1) is 0 Å². The molecule has 0 aliphatic heterocycles. The fourth-order valence-corrected chi connectivity index (χ4v) is 0.969. The Kier molecular flexibility index (Phi) is 2.47. The summed E-state index contributed by atoms with van der Waals surface area (Å²) in [5, 5.41) is 0. The lowest BCUT2D eigenvalue weighted by atomic mass is 10.1. The molecule has 0 spiro atoms. The summed E-state index contributed by atoms with van der Waals surface area (Å²) < 4.78 is 23.9. The van der Waals surface area contributed by atoms with E-state index >= 15 is 0 Å². The molecule has 1 rings (SSSR count). The number of nitrogens with two attached hydrogens (primary N) is 2. The number of hydrogen-bond donors (Lipinski definition) is 2.